The summed E-state index contributed by atoms with van der Waals surface area (Å²) in [6.07, 6.45) is 1.86. The van der Waals surface area contributed by atoms with E-state index in [-0.39, 0.29) is 0 Å². The van der Waals surface area contributed by atoms with Crippen molar-refractivity contribution in [3.8, 4) is 44.6 Å². The van der Waals surface area contributed by atoms with Crippen molar-refractivity contribution in [2.24, 2.45) is 0 Å². The molecule has 244 valence electrons. The second kappa shape index (κ2) is 10.6. The fourth-order valence-corrected chi connectivity index (χ4v) is 9.72. The highest BCUT2D eigenvalue weighted by Gasteiger charge is 2.52. The zero-order chi connectivity index (χ0) is 34.7. The van der Waals surface area contributed by atoms with E-state index in [1.807, 2.05) is 12.3 Å². The minimum Gasteiger partial charge on any atom is -0.254 e. The largest absolute Gasteiger partial charge is 0.254 e. The minimum atomic E-state index is -0.471. The Kier molecular flexibility index (Phi) is 5.73. The van der Waals surface area contributed by atoms with Crippen LogP contribution in [0.15, 0.2) is 182 Å². The van der Waals surface area contributed by atoms with Crippen LogP contribution >= 0.6 is 0 Å². The smallest absolute Gasteiger partial charge is 0.0972 e. The van der Waals surface area contributed by atoms with Crippen LogP contribution in [0.4, 0.5) is 0 Å². The van der Waals surface area contributed by atoms with Crippen molar-refractivity contribution in [2.75, 3.05) is 0 Å². The molecule has 10 aromatic rings. The molecule has 12 rings (SSSR count). The van der Waals surface area contributed by atoms with Gasteiger partial charge in [-0.3, -0.25) is 4.98 Å². The first-order valence-corrected chi connectivity index (χ1v) is 18.3. The topological polar surface area (TPSA) is 25.8 Å². The van der Waals surface area contributed by atoms with E-state index in [9.17, 15) is 0 Å². The fourth-order valence-electron chi connectivity index (χ4n) is 9.72. The molecular weight excluding hydrogens is 641 g/mol. The Labute approximate surface area is 306 Å². The summed E-state index contributed by atoms with van der Waals surface area (Å²) in [6.45, 7) is 0. The van der Waals surface area contributed by atoms with E-state index >= 15 is 0 Å². The van der Waals surface area contributed by atoms with E-state index in [4.69, 9.17) is 9.97 Å². The lowest BCUT2D eigenvalue weighted by Crippen LogP contribution is -2.26. The van der Waals surface area contributed by atoms with Gasteiger partial charge in [-0.2, -0.15) is 0 Å². The molecule has 2 aliphatic carbocycles. The lowest BCUT2D eigenvalue weighted by Gasteiger charge is -2.31. The molecular formula is C51H30N2. The maximum Gasteiger partial charge on any atom is 0.0972 e. The summed E-state index contributed by atoms with van der Waals surface area (Å²) in [4.78, 5) is 10.1. The third kappa shape index (κ3) is 3.77. The number of benzene rings is 8. The first kappa shape index (κ1) is 28.8. The zero-order valence-corrected chi connectivity index (χ0v) is 28.7. The number of aromatic nitrogens is 2. The van der Waals surface area contributed by atoms with Crippen molar-refractivity contribution in [3.63, 3.8) is 0 Å². The summed E-state index contributed by atoms with van der Waals surface area (Å²) >= 11 is 0. The molecule has 0 saturated heterocycles. The third-order valence-corrected chi connectivity index (χ3v) is 11.9. The lowest BCUT2D eigenvalue weighted by atomic mass is 9.69. The van der Waals surface area contributed by atoms with Gasteiger partial charge in [0.15, 0.2) is 0 Å². The molecule has 53 heavy (non-hydrogen) atoms. The maximum absolute atomic E-state index is 5.34. The van der Waals surface area contributed by atoms with Gasteiger partial charge in [0.05, 0.1) is 22.1 Å². The Hall–Kier alpha value is -6.90. The molecule has 0 unspecified atom stereocenters. The Bertz CT molecular complexity index is 3140. The molecule has 0 saturated carbocycles. The van der Waals surface area contributed by atoms with Crippen molar-refractivity contribution in [1.82, 2.24) is 9.97 Å². The molecule has 0 aliphatic heterocycles. The van der Waals surface area contributed by atoms with Crippen LogP contribution in [0.1, 0.15) is 22.3 Å². The molecule has 0 bridgehead atoms. The molecule has 2 nitrogen and oxygen atoms in total. The van der Waals surface area contributed by atoms with Gasteiger partial charge in [0.1, 0.15) is 0 Å². The van der Waals surface area contributed by atoms with Gasteiger partial charge in [0.2, 0.25) is 0 Å². The molecule has 1 spiro atoms. The van der Waals surface area contributed by atoms with E-state index in [1.54, 1.807) is 0 Å². The van der Waals surface area contributed by atoms with Gasteiger partial charge in [-0.25, -0.2) is 4.98 Å². The number of hydrogen-bond acceptors (Lipinski definition) is 2. The Balaban J connectivity index is 1.21. The number of hydrogen-bond donors (Lipinski definition) is 0. The van der Waals surface area contributed by atoms with E-state index in [0.717, 1.165) is 33.1 Å². The van der Waals surface area contributed by atoms with Crippen molar-refractivity contribution in [2.45, 2.75) is 5.41 Å². The van der Waals surface area contributed by atoms with Gasteiger partial charge in [0, 0.05) is 22.5 Å². The van der Waals surface area contributed by atoms with Crippen molar-refractivity contribution >= 4 is 43.4 Å². The zero-order valence-electron chi connectivity index (χ0n) is 28.7. The monoisotopic (exact) mass is 670 g/mol. The van der Waals surface area contributed by atoms with Crippen LogP contribution in [0.2, 0.25) is 0 Å². The molecule has 2 heterocycles. The summed E-state index contributed by atoms with van der Waals surface area (Å²) in [5, 5.41) is 7.22. The molecule has 0 atom stereocenters. The molecule has 8 aromatic carbocycles. The maximum atomic E-state index is 5.34. The van der Waals surface area contributed by atoms with Crippen LogP contribution in [0.5, 0.6) is 0 Å². The first-order chi connectivity index (χ1) is 26.3. The van der Waals surface area contributed by atoms with Crippen LogP contribution in [-0.2, 0) is 5.41 Å². The van der Waals surface area contributed by atoms with Gasteiger partial charge in [-0.1, -0.05) is 146 Å². The molecule has 0 fully saturated rings. The summed E-state index contributed by atoms with van der Waals surface area (Å²) in [6, 6.07) is 64.9. The second-order valence-electron chi connectivity index (χ2n) is 14.4. The highest BCUT2D eigenvalue weighted by Crippen LogP contribution is 2.65. The van der Waals surface area contributed by atoms with Crippen LogP contribution in [0.25, 0.3) is 88.0 Å². The lowest BCUT2D eigenvalue weighted by molar-refractivity contribution is 0.796. The Morgan fingerprint density at radius 1 is 0.340 bits per heavy atom. The van der Waals surface area contributed by atoms with Crippen LogP contribution in [0.3, 0.4) is 0 Å². The SMILES string of the molecule is c1ccc(-c2cc3c(c4ccccc24)-c2cc4ccccc4cc2C32c3ccccc3-c3ccccc32)c(-c2ccc3ccc4cccnc4c3n2)c1. The number of pyridine rings is 2. The molecule has 2 aliphatic rings. The van der Waals surface area contributed by atoms with Gasteiger partial charge in [-0.15, -0.1) is 0 Å². The van der Waals surface area contributed by atoms with Gasteiger partial charge in [0.25, 0.3) is 0 Å². The molecule has 2 heteroatoms. The summed E-state index contributed by atoms with van der Waals surface area (Å²) in [7, 11) is 0. The van der Waals surface area contributed by atoms with Gasteiger partial charge in [-0.05, 0) is 108 Å². The van der Waals surface area contributed by atoms with Gasteiger partial charge < -0.3 is 0 Å². The van der Waals surface area contributed by atoms with E-state index in [0.29, 0.717) is 0 Å². The second-order valence-corrected chi connectivity index (χ2v) is 14.4. The average Bonchev–Trinajstić information content (AvgIpc) is 3.69. The normalized spacial score (nSPS) is 13.4. The van der Waals surface area contributed by atoms with Crippen LogP contribution in [-0.4, -0.2) is 9.97 Å². The number of fused-ring (bicyclic) bond motifs is 16. The number of nitrogens with zero attached hydrogens (tertiary/aromatic N) is 2. The predicted molar refractivity (Wildman–Crippen MR) is 219 cm³/mol. The quantitative estimate of drug-likeness (QED) is 0.171. The van der Waals surface area contributed by atoms with E-state index in [2.05, 4.69) is 170 Å². The third-order valence-electron chi connectivity index (χ3n) is 11.9. The minimum absolute atomic E-state index is 0.471. The highest BCUT2D eigenvalue weighted by molar-refractivity contribution is 6.14. The van der Waals surface area contributed by atoms with E-state index in [1.165, 1.54) is 77.2 Å². The highest BCUT2D eigenvalue weighted by atomic mass is 14.8. The van der Waals surface area contributed by atoms with Gasteiger partial charge >= 0.3 is 0 Å². The average molecular weight is 671 g/mol. The standard InChI is InChI=1S/C51H30N2/c1-2-13-34-29-45-42(28-33(34)12-1)48-40-20-6-4-16-36(40)41(30-46(48)51(45)43-21-9-7-17-37(43)38-18-8-10-22-44(38)51)35-15-3-5-19-39(35)47-26-25-32-24-23-31-14-11-27-52-49(31)50(32)53-47/h1-30H. The molecule has 2 aromatic heterocycles. The first-order valence-electron chi connectivity index (χ1n) is 18.3. The summed E-state index contributed by atoms with van der Waals surface area (Å²) < 4.78 is 0. The summed E-state index contributed by atoms with van der Waals surface area (Å²) in [5.41, 5.74) is 16.5. The predicted octanol–water partition coefficient (Wildman–Crippen LogP) is 12.8. The van der Waals surface area contributed by atoms with Crippen molar-refractivity contribution < 1.29 is 0 Å². The van der Waals surface area contributed by atoms with Crippen LogP contribution < -0.4 is 0 Å². The van der Waals surface area contributed by atoms with Crippen molar-refractivity contribution in [3.05, 3.63) is 204 Å². The Morgan fingerprint density at radius 2 is 0.925 bits per heavy atom. The molecule has 0 radical (unpaired) electrons. The summed E-state index contributed by atoms with van der Waals surface area (Å²) in [5.74, 6) is 0. The Morgan fingerprint density at radius 3 is 1.70 bits per heavy atom. The fraction of sp³-hybridized carbons (Fsp3) is 0.0196. The molecule has 0 N–H and O–H groups in total. The van der Waals surface area contributed by atoms with Crippen molar-refractivity contribution in [1.29, 1.82) is 0 Å². The molecule has 0 amide bonds. The van der Waals surface area contributed by atoms with E-state index < -0.39 is 5.41 Å². The van der Waals surface area contributed by atoms with Crippen LogP contribution in [0, 0.1) is 0 Å². The number of rotatable bonds is 2.